The maximum Gasteiger partial charge on any atom is 0.191 e. The van der Waals surface area contributed by atoms with Crippen molar-refractivity contribution in [3.8, 4) is 0 Å². The van der Waals surface area contributed by atoms with Crippen molar-refractivity contribution in [3.05, 3.63) is 35.9 Å². The fraction of sp³-hybridized carbons (Fsp3) is 0.708. The van der Waals surface area contributed by atoms with Crippen molar-refractivity contribution in [3.63, 3.8) is 0 Å². The zero-order valence-corrected chi connectivity index (χ0v) is 21.4. The Morgan fingerprint density at radius 1 is 1.13 bits per heavy atom. The highest BCUT2D eigenvalue weighted by atomic mass is 127. The molecule has 6 nitrogen and oxygen atoms in total. The summed E-state index contributed by atoms with van der Waals surface area (Å²) in [6.45, 7) is 10.6. The summed E-state index contributed by atoms with van der Waals surface area (Å²) < 4.78 is 11.3. The molecule has 1 aromatic carbocycles. The Morgan fingerprint density at radius 3 is 2.58 bits per heavy atom. The van der Waals surface area contributed by atoms with E-state index in [-0.39, 0.29) is 24.0 Å². The molecule has 0 spiro atoms. The highest BCUT2D eigenvalue weighted by molar-refractivity contribution is 14.0. The second kappa shape index (κ2) is 15.8. The largest absolute Gasteiger partial charge is 0.381 e. The number of ether oxygens (including phenoxy) is 2. The number of piperidine rings is 1. The maximum absolute atomic E-state index is 5.85. The van der Waals surface area contributed by atoms with Gasteiger partial charge in [-0.1, -0.05) is 30.3 Å². The number of hydrogen-bond donors (Lipinski definition) is 2. The topological polar surface area (TPSA) is 58.1 Å². The van der Waals surface area contributed by atoms with E-state index in [2.05, 4.69) is 52.8 Å². The minimum Gasteiger partial charge on any atom is -0.381 e. The fourth-order valence-corrected chi connectivity index (χ4v) is 4.11. The van der Waals surface area contributed by atoms with Crippen LogP contribution >= 0.6 is 24.0 Å². The van der Waals surface area contributed by atoms with Crippen molar-refractivity contribution in [1.82, 2.24) is 15.5 Å². The van der Waals surface area contributed by atoms with Gasteiger partial charge in [-0.05, 0) is 50.5 Å². The third-order valence-corrected chi connectivity index (χ3v) is 5.93. The summed E-state index contributed by atoms with van der Waals surface area (Å²) in [5, 5.41) is 7.04. The van der Waals surface area contributed by atoms with Crippen LogP contribution in [0.5, 0.6) is 0 Å². The van der Waals surface area contributed by atoms with E-state index < -0.39 is 0 Å². The minimum atomic E-state index is 0. The average molecular weight is 545 g/mol. The molecule has 7 heteroatoms. The van der Waals surface area contributed by atoms with Gasteiger partial charge in [0.2, 0.25) is 0 Å². The summed E-state index contributed by atoms with van der Waals surface area (Å²) >= 11 is 0. The van der Waals surface area contributed by atoms with E-state index in [1.807, 2.05) is 0 Å². The number of rotatable bonds is 10. The molecular weight excluding hydrogens is 503 g/mol. The first kappa shape index (κ1) is 26.4. The van der Waals surface area contributed by atoms with E-state index >= 15 is 0 Å². The highest BCUT2D eigenvalue weighted by Gasteiger charge is 2.20. The number of hydrogen-bond acceptors (Lipinski definition) is 4. The number of likely N-dealkylation sites (tertiary alicyclic amines) is 1. The molecule has 0 amide bonds. The zero-order chi connectivity index (χ0) is 20.9. The van der Waals surface area contributed by atoms with Gasteiger partial charge >= 0.3 is 0 Å². The van der Waals surface area contributed by atoms with Crippen molar-refractivity contribution in [2.24, 2.45) is 10.9 Å². The van der Waals surface area contributed by atoms with Crippen molar-refractivity contribution in [2.45, 2.75) is 51.6 Å². The molecule has 2 N–H and O–H groups in total. The number of nitrogens with one attached hydrogen (secondary N) is 2. The van der Waals surface area contributed by atoms with Crippen LogP contribution in [0.2, 0.25) is 0 Å². The molecule has 2 aliphatic rings. The Balaban J connectivity index is 0.00000341. The van der Waals surface area contributed by atoms with Crippen LogP contribution in [0, 0.1) is 5.92 Å². The summed E-state index contributed by atoms with van der Waals surface area (Å²) in [5.74, 6) is 1.62. The average Bonchev–Trinajstić information content (AvgIpc) is 2.79. The monoisotopic (exact) mass is 544 g/mol. The van der Waals surface area contributed by atoms with Crippen LogP contribution < -0.4 is 10.6 Å². The predicted octanol–water partition coefficient (Wildman–Crippen LogP) is 3.66. The van der Waals surface area contributed by atoms with Gasteiger partial charge in [-0.15, -0.1) is 24.0 Å². The minimum absolute atomic E-state index is 0. The maximum atomic E-state index is 5.85. The molecule has 0 radical (unpaired) electrons. The van der Waals surface area contributed by atoms with Crippen molar-refractivity contribution >= 4 is 29.9 Å². The van der Waals surface area contributed by atoms with Crippen LogP contribution in [-0.2, 0) is 16.0 Å². The third-order valence-electron chi connectivity index (χ3n) is 5.93. The Morgan fingerprint density at radius 2 is 1.87 bits per heavy atom. The summed E-state index contributed by atoms with van der Waals surface area (Å²) in [7, 11) is 0. The van der Waals surface area contributed by atoms with Crippen molar-refractivity contribution in [1.29, 1.82) is 0 Å². The Labute approximate surface area is 205 Å². The molecule has 3 rings (SSSR count). The van der Waals surface area contributed by atoms with Crippen LogP contribution in [0.4, 0.5) is 0 Å². The van der Waals surface area contributed by atoms with Gasteiger partial charge in [-0.2, -0.15) is 0 Å². The van der Waals surface area contributed by atoms with E-state index in [4.69, 9.17) is 14.5 Å². The summed E-state index contributed by atoms with van der Waals surface area (Å²) in [4.78, 5) is 7.31. The van der Waals surface area contributed by atoms with Gasteiger partial charge in [0.25, 0.3) is 0 Å². The number of aliphatic imine (C=N–C) groups is 1. The van der Waals surface area contributed by atoms with E-state index in [0.29, 0.717) is 12.0 Å². The van der Waals surface area contributed by atoms with Crippen molar-refractivity contribution < 1.29 is 9.47 Å². The number of nitrogens with zero attached hydrogens (tertiary/aromatic N) is 2. The van der Waals surface area contributed by atoms with Crippen LogP contribution in [0.3, 0.4) is 0 Å². The molecule has 0 atom stereocenters. The predicted molar refractivity (Wildman–Crippen MR) is 138 cm³/mol. The molecule has 176 valence electrons. The van der Waals surface area contributed by atoms with Gasteiger partial charge in [0.1, 0.15) is 0 Å². The lowest BCUT2D eigenvalue weighted by Gasteiger charge is -2.33. The Hall–Kier alpha value is -0.900. The first-order valence-corrected chi connectivity index (χ1v) is 11.8. The molecule has 2 saturated heterocycles. The molecule has 0 aromatic heterocycles. The summed E-state index contributed by atoms with van der Waals surface area (Å²) in [6, 6.07) is 11.3. The zero-order valence-electron chi connectivity index (χ0n) is 19.1. The first-order valence-electron chi connectivity index (χ1n) is 11.8. The summed E-state index contributed by atoms with van der Waals surface area (Å²) in [6.07, 6.45) is 5.56. The molecule has 2 aliphatic heterocycles. The molecule has 0 unspecified atom stereocenters. The van der Waals surface area contributed by atoms with Crippen LogP contribution in [0.25, 0.3) is 0 Å². The molecule has 1 aromatic rings. The van der Waals surface area contributed by atoms with Crippen LogP contribution in [0.1, 0.15) is 44.6 Å². The first-order chi connectivity index (χ1) is 14.8. The summed E-state index contributed by atoms with van der Waals surface area (Å²) in [5.41, 5.74) is 1.40. The second-order valence-electron chi connectivity index (χ2n) is 8.43. The highest BCUT2D eigenvalue weighted by Crippen LogP contribution is 2.15. The van der Waals surface area contributed by atoms with Crippen LogP contribution in [-0.4, -0.2) is 69.5 Å². The van der Waals surface area contributed by atoms with E-state index in [0.717, 1.165) is 97.2 Å². The lowest BCUT2D eigenvalue weighted by Crippen LogP contribution is -2.48. The number of guanidine groups is 1. The molecular formula is C24H41IN4O2. The lowest BCUT2D eigenvalue weighted by atomic mass is 10.0. The lowest BCUT2D eigenvalue weighted by molar-refractivity contribution is 0.0205. The van der Waals surface area contributed by atoms with Gasteiger partial charge in [0.15, 0.2) is 5.96 Å². The molecule has 0 aliphatic carbocycles. The quantitative estimate of drug-likeness (QED) is 0.204. The number of benzene rings is 1. The SMILES string of the molecule is CCNC(=NCCCOCC1CCOCC1)NC1CCN(Cc2ccccc2)CC1.I. The Kier molecular flexibility index (Phi) is 13.5. The van der Waals surface area contributed by atoms with Crippen molar-refractivity contribution in [2.75, 3.05) is 52.6 Å². The molecule has 0 bridgehead atoms. The van der Waals surface area contributed by atoms with E-state index in [1.165, 1.54) is 5.56 Å². The van der Waals surface area contributed by atoms with Gasteiger partial charge in [-0.25, -0.2) is 0 Å². The second-order valence-corrected chi connectivity index (χ2v) is 8.43. The van der Waals surface area contributed by atoms with Gasteiger partial charge < -0.3 is 20.1 Å². The fourth-order valence-electron chi connectivity index (χ4n) is 4.11. The van der Waals surface area contributed by atoms with Gasteiger partial charge in [0, 0.05) is 65.2 Å². The molecule has 0 saturated carbocycles. The molecule has 2 fully saturated rings. The molecule has 31 heavy (non-hydrogen) atoms. The van der Waals surface area contributed by atoms with E-state index in [9.17, 15) is 0 Å². The number of halogens is 1. The normalized spacial score (nSPS) is 19.1. The smallest absolute Gasteiger partial charge is 0.191 e. The molecule has 2 heterocycles. The standard InChI is InChI=1S/C24H40N4O2.HI/c1-2-25-24(26-13-6-16-30-20-22-11-17-29-18-12-22)27-23-9-14-28(15-10-23)19-21-7-4-3-5-8-21;/h3-5,7-8,22-23H,2,6,9-20H2,1H3,(H2,25,26,27);1H. The van der Waals surface area contributed by atoms with E-state index in [1.54, 1.807) is 0 Å². The van der Waals surface area contributed by atoms with Gasteiger partial charge in [-0.3, -0.25) is 9.89 Å². The van der Waals surface area contributed by atoms with Crippen LogP contribution in [0.15, 0.2) is 35.3 Å². The van der Waals surface area contributed by atoms with Gasteiger partial charge in [0.05, 0.1) is 0 Å². The third kappa shape index (κ3) is 10.5. The Bertz CT molecular complexity index is 603.